The van der Waals surface area contributed by atoms with Crippen molar-refractivity contribution in [3.05, 3.63) is 54.5 Å². The van der Waals surface area contributed by atoms with E-state index in [1.165, 1.54) is 11.2 Å². The summed E-state index contributed by atoms with van der Waals surface area (Å²) in [5, 5.41) is -0.557. The number of carbonyl (C=O) groups is 1. The van der Waals surface area contributed by atoms with Crippen LogP contribution >= 0.6 is 0 Å². The van der Waals surface area contributed by atoms with E-state index in [9.17, 15) is 13.2 Å². The summed E-state index contributed by atoms with van der Waals surface area (Å²) in [6.45, 7) is 0.632. The van der Waals surface area contributed by atoms with Crippen molar-refractivity contribution in [3.63, 3.8) is 0 Å². The number of hydrogen-bond acceptors (Lipinski definition) is 4. The highest BCUT2D eigenvalue weighted by molar-refractivity contribution is 7.92. The van der Waals surface area contributed by atoms with Gasteiger partial charge in [-0.2, -0.15) is 0 Å². The lowest BCUT2D eigenvalue weighted by Gasteiger charge is -2.15. The van der Waals surface area contributed by atoms with E-state index in [0.29, 0.717) is 17.9 Å². The van der Waals surface area contributed by atoms with Crippen molar-refractivity contribution >= 4 is 15.7 Å². The van der Waals surface area contributed by atoms with Crippen molar-refractivity contribution in [2.75, 3.05) is 13.1 Å². The molecule has 0 unspecified atom stereocenters. The topological polar surface area (TPSA) is 67.6 Å². The molecular weight excluding hydrogens is 290 g/mol. The number of nitrogens with zero attached hydrogens (tertiary/aromatic N) is 1. The van der Waals surface area contributed by atoms with Crippen LogP contribution in [0.15, 0.2) is 58.0 Å². The third-order valence-corrected chi connectivity index (χ3v) is 5.87. The fourth-order valence-corrected chi connectivity index (χ4v) is 4.24. The smallest absolute Gasteiger partial charge is 0.289 e. The van der Waals surface area contributed by atoms with Crippen LogP contribution < -0.4 is 0 Å². The maximum Gasteiger partial charge on any atom is 0.289 e. The Morgan fingerprint density at radius 3 is 2.57 bits per heavy atom. The molecule has 1 fully saturated rings. The minimum absolute atomic E-state index is 0.205. The molecule has 0 radical (unpaired) electrons. The summed E-state index contributed by atoms with van der Waals surface area (Å²) >= 11 is 0. The summed E-state index contributed by atoms with van der Waals surface area (Å²) in [5.74, 6) is -0.0153. The molecule has 1 aromatic carbocycles. The molecule has 1 saturated heterocycles. The van der Waals surface area contributed by atoms with Gasteiger partial charge in [0.15, 0.2) is 15.6 Å². The van der Waals surface area contributed by atoms with Gasteiger partial charge in [-0.3, -0.25) is 4.79 Å². The molecule has 5 nitrogen and oxygen atoms in total. The Hall–Kier alpha value is -2.08. The number of furan rings is 1. The van der Waals surface area contributed by atoms with Gasteiger partial charge in [0.1, 0.15) is 0 Å². The lowest BCUT2D eigenvalue weighted by molar-refractivity contribution is 0.0761. The number of carbonyl (C=O) groups excluding carboxylic acids is 1. The molecule has 1 amide bonds. The van der Waals surface area contributed by atoms with E-state index in [4.69, 9.17) is 4.42 Å². The molecule has 0 bridgehead atoms. The molecule has 1 aromatic heterocycles. The third-order valence-electron chi connectivity index (χ3n) is 3.67. The van der Waals surface area contributed by atoms with Gasteiger partial charge >= 0.3 is 0 Å². The molecule has 0 saturated carbocycles. The first-order valence-electron chi connectivity index (χ1n) is 6.71. The molecule has 0 aliphatic carbocycles. The van der Waals surface area contributed by atoms with E-state index in [2.05, 4.69) is 0 Å². The standard InChI is InChI=1S/C15H15NO4S/c17-15(14-7-4-10-20-14)16-9-8-13(11-16)21(18,19)12-5-2-1-3-6-12/h1-7,10,13H,8-9,11H2/t13-/m1/s1. The molecule has 6 heteroatoms. The van der Waals surface area contributed by atoms with Crippen LogP contribution in [-0.2, 0) is 9.84 Å². The number of sulfone groups is 1. The summed E-state index contributed by atoms with van der Waals surface area (Å²) in [6, 6.07) is 11.6. The average Bonchev–Trinajstić information content (AvgIpc) is 3.19. The van der Waals surface area contributed by atoms with Gasteiger partial charge in [-0.25, -0.2) is 8.42 Å². The number of likely N-dealkylation sites (tertiary alicyclic amines) is 1. The van der Waals surface area contributed by atoms with E-state index in [1.54, 1.807) is 42.5 Å². The van der Waals surface area contributed by atoms with Crippen LogP contribution in [-0.4, -0.2) is 37.6 Å². The highest BCUT2D eigenvalue weighted by Gasteiger charge is 2.36. The van der Waals surface area contributed by atoms with Crippen molar-refractivity contribution in [3.8, 4) is 0 Å². The Kier molecular flexibility index (Phi) is 3.55. The maximum absolute atomic E-state index is 12.5. The van der Waals surface area contributed by atoms with Gasteiger partial charge in [-0.1, -0.05) is 18.2 Å². The van der Waals surface area contributed by atoms with E-state index in [-0.39, 0.29) is 18.2 Å². The number of amides is 1. The van der Waals surface area contributed by atoms with Crippen LogP contribution in [0.5, 0.6) is 0 Å². The maximum atomic E-state index is 12.5. The van der Waals surface area contributed by atoms with Crippen LogP contribution in [0, 0.1) is 0 Å². The molecule has 1 aliphatic rings. The average molecular weight is 305 g/mol. The molecule has 1 aliphatic heterocycles. The minimum Gasteiger partial charge on any atom is -0.459 e. The van der Waals surface area contributed by atoms with Crippen molar-refractivity contribution < 1.29 is 17.6 Å². The van der Waals surface area contributed by atoms with Crippen LogP contribution in [0.4, 0.5) is 0 Å². The number of benzene rings is 1. The van der Waals surface area contributed by atoms with Crippen LogP contribution in [0.2, 0.25) is 0 Å². The molecule has 3 rings (SSSR count). The van der Waals surface area contributed by atoms with Gasteiger partial charge < -0.3 is 9.32 Å². The second kappa shape index (κ2) is 5.37. The van der Waals surface area contributed by atoms with Crippen LogP contribution in [0.25, 0.3) is 0 Å². The van der Waals surface area contributed by atoms with E-state index < -0.39 is 15.1 Å². The van der Waals surface area contributed by atoms with Gasteiger partial charge in [0.05, 0.1) is 16.4 Å². The van der Waals surface area contributed by atoms with E-state index in [0.717, 1.165) is 0 Å². The summed E-state index contributed by atoms with van der Waals surface area (Å²) < 4.78 is 30.1. The normalized spacial score (nSPS) is 18.9. The Morgan fingerprint density at radius 1 is 1.14 bits per heavy atom. The molecule has 1 atom stereocenters. The van der Waals surface area contributed by atoms with Crippen LogP contribution in [0.1, 0.15) is 17.0 Å². The van der Waals surface area contributed by atoms with Crippen LogP contribution in [0.3, 0.4) is 0 Å². The fraction of sp³-hybridized carbons (Fsp3) is 0.267. The van der Waals surface area contributed by atoms with E-state index in [1.807, 2.05) is 0 Å². The zero-order valence-corrected chi connectivity index (χ0v) is 12.1. The van der Waals surface area contributed by atoms with E-state index >= 15 is 0 Å². The predicted octanol–water partition coefficient (Wildman–Crippen LogP) is 1.97. The Morgan fingerprint density at radius 2 is 1.90 bits per heavy atom. The second-order valence-electron chi connectivity index (χ2n) is 5.00. The molecular formula is C15H15NO4S. The third kappa shape index (κ3) is 2.58. The molecule has 110 valence electrons. The number of rotatable bonds is 3. The summed E-state index contributed by atoms with van der Waals surface area (Å²) in [4.78, 5) is 14.0. The Labute approximate surface area is 123 Å². The molecule has 0 spiro atoms. The van der Waals surface area contributed by atoms with Crippen molar-refractivity contribution in [2.24, 2.45) is 0 Å². The number of hydrogen-bond donors (Lipinski definition) is 0. The Balaban J connectivity index is 1.77. The highest BCUT2D eigenvalue weighted by atomic mass is 32.2. The lowest BCUT2D eigenvalue weighted by atomic mass is 10.4. The lowest BCUT2D eigenvalue weighted by Crippen LogP contribution is -2.31. The van der Waals surface area contributed by atoms with Gasteiger partial charge in [0.25, 0.3) is 5.91 Å². The summed E-state index contributed by atoms with van der Waals surface area (Å²) in [7, 11) is -3.40. The fourth-order valence-electron chi connectivity index (χ4n) is 2.52. The second-order valence-corrected chi connectivity index (χ2v) is 7.23. The summed E-state index contributed by atoms with van der Waals surface area (Å²) in [5.41, 5.74) is 0. The van der Waals surface area contributed by atoms with Gasteiger partial charge in [0.2, 0.25) is 0 Å². The zero-order valence-electron chi connectivity index (χ0n) is 11.3. The first-order chi connectivity index (χ1) is 10.1. The van der Waals surface area contributed by atoms with Gasteiger partial charge in [-0.05, 0) is 30.7 Å². The predicted molar refractivity (Wildman–Crippen MR) is 76.6 cm³/mol. The molecule has 0 N–H and O–H groups in total. The first-order valence-corrected chi connectivity index (χ1v) is 8.25. The highest BCUT2D eigenvalue weighted by Crippen LogP contribution is 2.24. The van der Waals surface area contributed by atoms with Gasteiger partial charge in [-0.15, -0.1) is 0 Å². The molecule has 21 heavy (non-hydrogen) atoms. The SMILES string of the molecule is O=C(c1ccco1)N1CC[C@@H](S(=O)(=O)c2ccccc2)C1. The quantitative estimate of drug-likeness (QED) is 0.869. The van der Waals surface area contributed by atoms with Crippen molar-refractivity contribution in [2.45, 2.75) is 16.6 Å². The van der Waals surface area contributed by atoms with Crippen molar-refractivity contribution in [1.29, 1.82) is 0 Å². The summed E-state index contributed by atoms with van der Waals surface area (Å²) in [6.07, 6.45) is 1.88. The monoisotopic (exact) mass is 305 g/mol. The first kappa shape index (κ1) is 13.9. The largest absolute Gasteiger partial charge is 0.459 e. The zero-order chi connectivity index (χ0) is 14.9. The minimum atomic E-state index is -3.40. The van der Waals surface area contributed by atoms with Crippen molar-refractivity contribution in [1.82, 2.24) is 4.90 Å². The Bertz CT molecular complexity index is 722. The molecule has 2 heterocycles. The molecule has 2 aromatic rings. The van der Waals surface area contributed by atoms with Gasteiger partial charge in [0, 0.05) is 13.1 Å².